The molecule has 1 saturated heterocycles. The molecule has 4 nitrogen and oxygen atoms in total. The summed E-state index contributed by atoms with van der Waals surface area (Å²) in [5.41, 5.74) is 5.87. The number of likely N-dealkylation sites (tertiary alicyclic amines) is 1. The molecule has 4 heteroatoms. The van der Waals surface area contributed by atoms with Gasteiger partial charge in [0.05, 0.1) is 6.04 Å². The Kier molecular flexibility index (Phi) is 4.11. The first kappa shape index (κ1) is 12.5. The summed E-state index contributed by atoms with van der Waals surface area (Å²) in [5.74, 6) is 0.725. The number of rotatable bonds is 3. The molecule has 1 amide bonds. The molecule has 0 saturated carbocycles. The second-order valence-electron chi connectivity index (χ2n) is 4.81. The molecule has 3 unspecified atom stereocenters. The van der Waals surface area contributed by atoms with Gasteiger partial charge in [0.25, 0.3) is 0 Å². The van der Waals surface area contributed by atoms with Crippen LogP contribution in [0.5, 0.6) is 0 Å². The van der Waals surface area contributed by atoms with Crippen LogP contribution in [0.1, 0.15) is 20.3 Å². The Labute approximate surface area is 92.4 Å². The Morgan fingerprint density at radius 2 is 2.07 bits per heavy atom. The van der Waals surface area contributed by atoms with E-state index in [1.165, 1.54) is 0 Å². The van der Waals surface area contributed by atoms with Gasteiger partial charge in [0.1, 0.15) is 0 Å². The first-order chi connectivity index (χ1) is 6.93. The van der Waals surface area contributed by atoms with Crippen LogP contribution in [-0.4, -0.2) is 55.0 Å². The Hall–Kier alpha value is -0.610. The summed E-state index contributed by atoms with van der Waals surface area (Å²) >= 11 is 0. The molecule has 1 aliphatic rings. The third kappa shape index (κ3) is 2.92. The number of hydrogen-bond acceptors (Lipinski definition) is 3. The van der Waals surface area contributed by atoms with Crippen molar-refractivity contribution in [1.29, 1.82) is 0 Å². The van der Waals surface area contributed by atoms with Crippen LogP contribution in [0.3, 0.4) is 0 Å². The molecule has 0 aromatic heterocycles. The van der Waals surface area contributed by atoms with Gasteiger partial charge in [0, 0.05) is 26.7 Å². The van der Waals surface area contributed by atoms with E-state index in [0.717, 1.165) is 19.5 Å². The number of nitrogens with zero attached hydrogens (tertiary/aromatic N) is 2. The minimum atomic E-state index is -0.0104. The molecule has 1 rings (SSSR count). The van der Waals surface area contributed by atoms with Crippen molar-refractivity contribution in [1.82, 2.24) is 9.80 Å². The van der Waals surface area contributed by atoms with Gasteiger partial charge < -0.3 is 10.6 Å². The SMILES string of the molecule is CC(N)C1CCN(C(C)C(=O)N(C)C)C1. The molecule has 1 aliphatic heterocycles. The summed E-state index contributed by atoms with van der Waals surface area (Å²) in [6, 6.07) is 0.223. The molecule has 0 aromatic carbocycles. The van der Waals surface area contributed by atoms with E-state index >= 15 is 0 Å². The number of amides is 1. The van der Waals surface area contributed by atoms with Crippen molar-refractivity contribution in [3.8, 4) is 0 Å². The quantitative estimate of drug-likeness (QED) is 0.725. The fourth-order valence-corrected chi connectivity index (χ4v) is 2.13. The predicted molar refractivity (Wildman–Crippen MR) is 61.5 cm³/mol. The fraction of sp³-hybridized carbons (Fsp3) is 0.909. The van der Waals surface area contributed by atoms with E-state index < -0.39 is 0 Å². The highest BCUT2D eigenvalue weighted by Gasteiger charge is 2.31. The zero-order valence-corrected chi connectivity index (χ0v) is 10.2. The first-order valence-corrected chi connectivity index (χ1v) is 5.64. The molecular weight excluding hydrogens is 190 g/mol. The molecular formula is C11H23N3O. The number of nitrogens with two attached hydrogens (primary N) is 1. The minimum absolute atomic E-state index is 0.0104. The Morgan fingerprint density at radius 3 is 2.47 bits per heavy atom. The summed E-state index contributed by atoms with van der Waals surface area (Å²) in [5, 5.41) is 0. The minimum Gasteiger partial charge on any atom is -0.347 e. The summed E-state index contributed by atoms with van der Waals surface area (Å²) in [7, 11) is 3.61. The number of carbonyl (C=O) groups is 1. The first-order valence-electron chi connectivity index (χ1n) is 5.64. The molecule has 0 aromatic rings. The molecule has 88 valence electrons. The van der Waals surface area contributed by atoms with Gasteiger partial charge in [-0.2, -0.15) is 0 Å². The number of hydrogen-bond donors (Lipinski definition) is 1. The second kappa shape index (κ2) is 4.94. The maximum absolute atomic E-state index is 11.8. The molecule has 15 heavy (non-hydrogen) atoms. The van der Waals surface area contributed by atoms with Crippen molar-refractivity contribution < 1.29 is 4.79 Å². The number of likely N-dealkylation sites (N-methyl/N-ethyl adjacent to an activating group) is 1. The molecule has 2 N–H and O–H groups in total. The van der Waals surface area contributed by atoms with Crippen molar-refractivity contribution >= 4 is 5.91 Å². The van der Waals surface area contributed by atoms with Crippen LogP contribution in [0.25, 0.3) is 0 Å². The summed E-state index contributed by atoms with van der Waals surface area (Å²) in [6.07, 6.45) is 1.11. The zero-order chi connectivity index (χ0) is 11.6. The predicted octanol–water partition coefficient (Wildman–Crippen LogP) is 0.132. The monoisotopic (exact) mass is 213 g/mol. The van der Waals surface area contributed by atoms with E-state index in [9.17, 15) is 4.79 Å². The molecule has 1 fully saturated rings. The maximum Gasteiger partial charge on any atom is 0.239 e. The van der Waals surface area contributed by atoms with Crippen LogP contribution in [0, 0.1) is 5.92 Å². The third-order valence-corrected chi connectivity index (χ3v) is 3.35. The van der Waals surface area contributed by atoms with Gasteiger partial charge in [-0.25, -0.2) is 0 Å². The lowest BCUT2D eigenvalue weighted by atomic mass is 10.0. The van der Waals surface area contributed by atoms with Gasteiger partial charge in [-0.05, 0) is 32.7 Å². The van der Waals surface area contributed by atoms with Crippen molar-refractivity contribution in [2.45, 2.75) is 32.4 Å². The third-order valence-electron chi connectivity index (χ3n) is 3.35. The van der Waals surface area contributed by atoms with Gasteiger partial charge in [-0.3, -0.25) is 9.69 Å². The molecule has 1 heterocycles. The van der Waals surface area contributed by atoms with Gasteiger partial charge in [-0.1, -0.05) is 0 Å². The Morgan fingerprint density at radius 1 is 1.47 bits per heavy atom. The van der Waals surface area contributed by atoms with Crippen LogP contribution in [-0.2, 0) is 4.79 Å². The van der Waals surface area contributed by atoms with Gasteiger partial charge in [0.2, 0.25) is 5.91 Å². The number of carbonyl (C=O) groups excluding carboxylic acids is 1. The van der Waals surface area contributed by atoms with Gasteiger partial charge >= 0.3 is 0 Å². The molecule has 0 spiro atoms. The van der Waals surface area contributed by atoms with Gasteiger partial charge in [-0.15, -0.1) is 0 Å². The Bertz CT molecular complexity index is 228. The lowest BCUT2D eigenvalue weighted by Crippen LogP contribution is -2.44. The smallest absolute Gasteiger partial charge is 0.239 e. The highest BCUT2D eigenvalue weighted by molar-refractivity contribution is 5.80. The maximum atomic E-state index is 11.8. The van der Waals surface area contributed by atoms with E-state index in [-0.39, 0.29) is 18.0 Å². The zero-order valence-electron chi connectivity index (χ0n) is 10.2. The molecule has 0 bridgehead atoms. The van der Waals surface area contributed by atoms with Crippen LogP contribution in [0.15, 0.2) is 0 Å². The molecule has 3 atom stereocenters. The van der Waals surface area contributed by atoms with Crippen LogP contribution in [0.2, 0.25) is 0 Å². The lowest BCUT2D eigenvalue weighted by molar-refractivity contribution is -0.133. The second-order valence-corrected chi connectivity index (χ2v) is 4.81. The van der Waals surface area contributed by atoms with Gasteiger partial charge in [0.15, 0.2) is 0 Å². The highest BCUT2D eigenvalue weighted by atomic mass is 16.2. The Balaban J connectivity index is 2.50. The normalized spacial score (nSPS) is 26.3. The molecule has 0 radical (unpaired) electrons. The van der Waals surface area contributed by atoms with Crippen LogP contribution < -0.4 is 5.73 Å². The largest absolute Gasteiger partial charge is 0.347 e. The average Bonchev–Trinajstić information content (AvgIpc) is 2.64. The van der Waals surface area contributed by atoms with E-state index in [4.69, 9.17) is 5.73 Å². The van der Waals surface area contributed by atoms with Crippen LogP contribution in [0.4, 0.5) is 0 Å². The summed E-state index contributed by atoms with van der Waals surface area (Å²) in [4.78, 5) is 15.6. The molecule has 0 aliphatic carbocycles. The standard InChI is InChI=1S/C11H23N3O/c1-8(12)10-5-6-14(7-10)9(2)11(15)13(3)4/h8-10H,5-7,12H2,1-4H3. The van der Waals surface area contributed by atoms with Crippen LogP contribution >= 0.6 is 0 Å². The highest BCUT2D eigenvalue weighted by Crippen LogP contribution is 2.21. The van der Waals surface area contributed by atoms with E-state index in [1.807, 2.05) is 13.8 Å². The summed E-state index contributed by atoms with van der Waals surface area (Å²) in [6.45, 7) is 5.98. The average molecular weight is 213 g/mol. The van der Waals surface area contributed by atoms with E-state index in [0.29, 0.717) is 5.92 Å². The van der Waals surface area contributed by atoms with Crippen molar-refractivity contribution in [2.75, 3.05) is 27.2 Å². The van der Waals surface area contributed by atoms with E-state index in [1.54, 1.807) is 19.0 Å². The topological polar surface area (TPSA) is 49.6 Å². The van der Waals surface area contributed by atoms with Crippen molar-refractivity contribution in [3.63, 3.8) is 0 Å². The summed E-state index contributed by atoms with van der Waals surface area (Å²) < 4.78 is 0. The fourth-order valence-electron chi connectivity index (χ4n) is 2.13. The van der Waals surface area contributed by atoms with Crippen molar-refractivity contribution in [2.24, 2.45) is 11.7 Å². The van der Waals surface area contributed by atoms with Crippen molar-refractivity contribution in [3.05, 3.63) is 0 Å². The lowest BCUT2D eigenvalue weighted by Gasteiger charge is -2.26. The van der Waals surface area contributed by atoms with E-state index in [2.05, 4.69) is 4.90 Å².